The van der Waals surface area contributed by atoms with Gasteiger partial charge in [-0.25, -0.2) is 0 Å². The van der Waals surface area contributed by atoms with Gasteiger partial charge in [-0.15, -0.1) is 0 Å². The molecule has 3 atom stereocenters. The number of benzene rings is 1. The Morgan fingerprint density at radius 2 is 2.05 bits per heavy atom. The molecule has 2 aliphatic heterocycles. The Labute approximate surface area is 121 Å². The zero-order valence-corrected chi connectivity index (χ0v) is 12.7. The van der Waals surface area contributed by atoms with Crippen molar-refractivity contribution in [1.29, 1.82) is 0 Å². The average Bonchev–Trinajstić information content (AvgIpc) is 2.39. The van der Waals surface area contributed by atoms with Crippen molar-refractivity contribution in [1.82, 2.24) is 4.90 Å². The highest BCUT2D eigenvalue weighted by molar-refractivity contribution is 5.46. The topological polar surface area (TPSA) is 32.7 Å². The lowest BCUT2D eigenvalue weighted by molar-refractivity contribution is -0.0249. The summed E-state index contributed by atoms with van der Waals surface area (Å²) in [5, 5.41) is 10.8. The van der Waals surface area contributed by atoms with Gasteiger partial charge in [-0.05, 0) is 57.4 Å². The number of aryl methyl sites for hydroxylation is 2. The van der Waals surface area contributed by atoms with Crippen LogP contribution in [0.25, 0.3) is 0 Å². The van der Waals surface area contributed by atoms with Crippen molar-refractivity contribution in [2.45, 2.75) is 58.2 Å². The molecule has 1 saturated heterocycles. The summed E-state index contributed by atoms with van der Waals surface area (Å²) in [6.45, 7) is 8.08. The number of hydrogen-bond donors (Lipinski definition) is 1. The van der Waals surface area contributed by atoms with E-state index in [-0.39, 0.29) is 6.04 Å². The first-order chi connectivity index (χ1) is 9.58. The van der Waals surface area contributed by atoms with Gasteiger partial charge >= 0.3 is 0 Å². The molecule has 0 aliphatic carbocycles. The van der Waals surface area contributed by atoms with Crippen molar-refractivity contribution < 1.29 is 9.84 Å². The summed E-state index contributed by atoms with van der Waals surface area (Å²) in [7, 11) is 0. The number of hydrogen-bond acceptors (Lipinski definition) is 3. The molecule has 1 N–H and O–H groups in total. The number of aliphatic hydroxyl groups is 1. The minimum atomic E-state index is -0.431. The summed E-state index contributed by atoms with van der Waals surface area (Å²) in [5.74, 6) is 0.871. The van der Waals surface area contributed by atoms with Crippen LogP contribution in [0, 0.1) is 13.8 Å². The third-order valence-corrected chi connectivity index (χ3v) is 4.84. The summed E-state index contributed by atoms with van der Waals surface area (Å²) in [4.78, 5) is 2.44. The van der Waals surface area contributed by atoms with Crippen LogP contribution in [0.2, 0.25) is 0 Å². The predicted octanol–water partition coefficient (Wildman–Crippen LogP) is 2.97. The van der Waals surface area contributed by atoms with Gasteiger partial charge in [0.25, 0.3) is 0 Å². The van der Waals surface area contributed by atoms with Crippen LogP contribution in [0.15, 0.2) is 12.1 Å². The second-order valence-electron chi connectivity index (χ2n) is 6.40. The Morgan fingerprint density at radius 3 is 2.80 bits per heavy atom. The Hall–Kier alpha value is -1.06. The zero-order chi connectivity index (χ0) is 14.3. The summed E-state index contributed by atoms with van der Waals surface area (Å²) in [6.07, 6.45) is 3.33. The number of ether oxygens (including phenoxy) is 1. The highest BCUT2D eigenvalue weighted by Gasteiger charge is 2.37. The van der Waals surface area contributed by atoms with Crippen molar-refractivity contribution in [3.8, 4) is 5.75 Å². The zero-order valence-electron chi connectivity index (χ0n) is 12.7. The normalized spacial score (nSPS) is 30.7. The molecule has 3 unspecified atom stereocenters. The molecule has 1 fully saturated rings. The van der Waals surface area contributed by atoms with E-state index in [0.717, 1.165) is 23.4 Å². The standard InChI is InChI=1S/C17H25NO2/c1-11-8-12(2)16-15(9-11)20-10-14(17(16)19)18-7-5-4-6-13(18)3/h8-9,13-14,17,19H,4-7,10H2,1-3H3. The molecule has 2 aliphatic rings. The lowest BCUT2D eigenvalue weighted by atomic mass is 9.90. The van der Waals surface area contributed by atoms with E-state index >= 15 is 0 Å². The van der Waals surface area contributed by atoms with Gasteiger partial charge in [0.2, 0.25) is 0 Å². The molecule has 0 aromatic heterocycles. The van der Waals surface area contributed by atoms with E-state index in [1.807, 2.05) is 6.07 Å². The predicted molar refractivity (Wildman–Crippen MR) is 80.2 cm³/mol. The molecular formula is C17H25NO2. The fourth-order valence-corrected chi connectivity index (χ4v) is 3.79. The summed E-state index contributed by atoms with van der Waals surface area (Å²) < 4.78 is 5.97. The lowest BCUT2D eigenvalue weighted by Crippen LogP contribution is -2.51. The highest BCUT2D eigenvalue weighted by atomic mass is 16.5. The van der Waals surface area contributed by atoms with E-state index in [1.165, 1.54) is 24.8 Å². The maximum Gasteiger partial charge on any atom is 0.125 e. The minimum absolute atomic E-state index is 0.0965. The Kier molecular flexibility index (Phi) is 3.74. The van der Waals surface area contributed by atoms with Crippen molar-refractivity contribution >= 4 is 0 Å². The molecule has 20 heavy (non-hydrogen) atoms. The molecule has 0 bridgehead atoms. The van der Waals surface area contributed by atoms with E-state index in [2.05, 4.69) is 31.7 Å². The molecule has 3 rings (SSSR count). The first-order valence-electron chi connectivity index (χ1n) is 7.75. The van der Waals surface area contributed by atoms with Gasteiger partial charge in [0.1, 0.15) is 18.5 Å². The van der Waals surface area contributed by atoms with Crippen molar-refractivity contribution in [3.63, 3.8) is 0 Å². The van der Waals surface area contributed by atoms with Crippen LogP contribution in [0.5, 0.6) is 5.75 Å². The number of fused-ring (bicyclic) bond motifs is 1. The van der Waals surface area contributed by atoms with Crippen LogP contribution in [0.4, 0.5) is 0 Å². The largest absolute Gasteiger partial charge is 0.491 e. The van der Waals surface area contributed by atoms with Crippen molar-refractivity contribution in [2.24, 2.45) is 0 Å². The minimum Gasteiger partial charge on any atom is -0.491 e. The molecule has 1 aromatic carbocycles. The first kappa shape index (κ1) is 13.9. The van der Waals surface area contributed by atoms with Gasteiger partial charge in [-0.1, -0.05) is 12.5 Å². The Morgan fingerprint density at radius 1 is 1.25 bits per heavy atom. The SMILES string of the molecule is Cc1cc(C)c2c(c1)OCC(N1CCCCC1C)C2O. The molecule has 0 spiro atoms. The molecular weight excluding hydrogens is 250 g/mol. The van der Waals surface area contributed by atoms with Crippen LogP contribution in [0.3, 0.4) is 0 Å². The fraction of sp³-hybridized carbons (Fsp3) is 0.647. The van der Waals surface area contributed by atoms with Gasteiger partial charge in [0.05, 0.1) is 6.04 Å². The maximum atomic E-state index is 10.8. The lowest BCUT2D eigenvalue weighted by Gasteiger charge is -2.44. The van der Waals surface area contributed by atoms with Crippen LogP contribution >= 0.6 is 0 Å². The Balaban J connectivity index is 1.90. The van der Waals surface area contributed by atoms with Crippen LogP contribution in [-0.2, 0) is 0 Å². The molecule has 2 heterocycles. The van der Waals surface area contributed by atoms with Gasteiger partial charge in [0.15, 0.2) is 0 Å². The van der Waals surface area contributed by atoms with Gasteiger partial charge < -0.3 is 9.84 Å². The quantitative estimate of drug-likeness (QED) is 0.855. The number of aliphatic hydroxyl groups excluding tert-OH is 1. The third kappa shape index (κ3) is 2.33. The second-order valence-corrected chi connectivity index (χ2v) is 6.40. The fourth-order valence-electron chi connectivity index (χ4n) is 3.79. The second kappa shape index (κ2) is 5.38. The number of likely N-dealkylation sites (tertiary alicyclic amines) is 1. The third-order valence-electron chi connectivity index (χ3n) is 4.84. The summed E-state index contributed by atoms with van der Waals surface area (Å²) >= 11 is 0. The van der Waals surface area contributed by atoms with E-state index in [4.69, 9.17) is 4.74 Å². The van der Waals surface area contributed by atoms with Crippen LogP contribution in [0.1, 0.15) is 49.0 Å². The monoisotopic (exact) mass is 275 g/mol. The van der Waals surface area contributed by atoms with Crippen molar-refractivity contribution in [2.75, 3.05) is 13.2 Å². The number of piperidine rings is 1. The molecule has 0 saturated carbocycles. The van der Waals surface area contributed by atoms with E-state index in [1.54, 1.807) is 0 Å². The van der Waals surface area contributed by atoms with Crippen molar-refractivity contribution in [3.05, 3.63) is 28.8 Å². The Bertz CT molecular complexity index is 500. The van der Waals surface area contributed by atoms with Gasteiger partial charge in [-0.2, -0.15) is 0 Å². The van der Waals surface area contributed by atoms with Crippen LogP contribution < -0.4 is 4.74 Å². The van der Waals surface area contributed by atoms with Gasteiger partial charge in [-0.3, -0.25) is 4.90 Å². The first-order valence-corrected chi connectivity index (χ1v) is 7.75. The van der Waals surface area contributed by atoms with Crippen LogP contribution in [-0.4, -0.2) is 35.2 Å². The molecule has 110 valence electrons. The average molecular weight is 275 g/mol. The number of rotatable bonds is 1. The van der Waals surface area contributed by atoms with E-state index in [0.29, 0.717) is 12.6 Å². The maximum absolute atomic E-state index is 10.8. The molecule has 3 heteroatoms. The summed E-state index contributed by atoms with van der Waals surface area (Å²) in [5.41, 5.74) is 3.32. The van der Waals surface area contributed by atoms with E-state index in [9.17, 15) is 5.11 Å². The highest BCUT2D eigenvalue weighted by Crippen LogP contribution is 2.38. The number of nitrogens with zero attached hydrogens (tertiary/aromatic N) is 1. The molecule has 1 aromatic rings. The molecule has 0 amide bonds. The van der Waals surface area contributed by atoms with E-state index < -0.39 is 6.10 Å². The smallest absolute Gasteiger partial charge is 0.125 e. The molecule has 3 nitrogen and oxygen atoms in total. The summed E-state index contributed by atoms with van der Waals surface area (Å²) in [6, 6.07) is 4.81. The van der Waals surface area contributed by atoms with Gasteiger partial charge in [0, 0.05) is 11.6 Å². The molecule has 0 radical (unpaired) electrons.